The van der Waals surface area contributed by atoms with Crippen molar-refractivity contribution < 1.29 is 13.5 Å². The molecule has 4 nitrogen and oxygen atoms in total. The van der Waals surface area contributed by atoms with Crippen LogP contribution < -0.4 is 9.88 Å². The zero-order valence-corrected chi connectivity index (χ0v) is 13.6. The van der Waals surface area contributed by atoms with E-state index in [2.05, 4.69) is 5.10 Å². The summed E-state index contributed by atoms with van der Waals surface area (Å²) in [5.41, 5.74) is 1.78. The van der Waals surface area contributed by atoms with E-state index < -0.39 is 6.43 Å². The normalized spacial score (nSPS) is 11.0. The molecule has 2 N–H and O–H groups in total. The molecule has 0 saturated carbocycles. The van der Waals surface area contributed by atoms with Crippen LogP contribution in [0.2, 0.25) is 0 Å². The lowest BCUT2D eigenvalue weighted by Gasteiger charge is -2.09. The summed E-state index contributed by atoms with van der Waals surface area (Å²) in [6.07, 6.45) is -2.64. The van der Waals surface area contributed by atoms with Gasteiger partial charge < -0.3 is 4.74 Å². The maximum Gasteiger partial charge on any atom is 0.282 e. The van der Waals surface area contributed by atoms with Crippen molar-refractivity contribution in [3.8, 4) is 22.7 Å². The van der Waals surface area contributed by atoms with Gasteiger partial charge in [-0.2, -0.15) is 5.10 Å². The smallest absolute Gasteiger partial charge is 0.282 e. The SMILES string of the molecule is COc1ccc(-c2cc(C(F)F)nn2-c2ccc(SN)cc2)cc1. The zero-order chi connectivity index (χ0) is 17.1. The summed E-state index contributed by atoms with van der Waals surface area (Å²) in [6, 6.07) is 15.8. The third-order valence-electron chi connectivity index (χ3n) is 3.55. The Morgan fingerprint density at radius 3 is 2.29 bits per heavy atom. The molecule has 0 aliphatic heterocycles. The zero-order valence-electron chi connectivity index (χ0n) is 12.8. The Hall–Kier alpha value is -2.38. The van der Waals surface area contributed by atoms with E-state index in [1.807, 2.05) is 24.3 Å². The third kappa shape index (κ3) is 3.27. The fourth-order valence-corrected chi connectivity index (χ4v) is 2.63. The predicted molar refractivity (Wildman–Crippen MR) is 90.6 cm³/mol. The second-order valence-corrected chi connectivity index (χ2v) is 5.71. The average Bonchev–Trinajstić information content (AvgIpc) is 3.07. The number of methoxy groups -OCH3 is 1. The number of hydrogen-bond donors (Lipinski definition) is 1. The van der Waals surface area contributed by atoms with Crippen molar-refractivity contribution in [1.29, 1.82) is 0 Å². The molecule has 3 aromatic rings. The van der Waals surface area contributed by atoms with E-state index in [1.54, 1.807) is 31.4 Å². The Kier molecular flexibility index (Phi) is 4.82. The van der Waals surface area contributed by atoms with E-state index in [9.17, 15) is 8.78 Å². The number of hydrogen-bond acceptors (Lipinski definition) is 4. The largest absolute Gasteiger partial charge is 0.497 e. The van der Waals surface area contributed by atoms with Gasteiger partial charge in [0, 0.05) is 10.5 Å². The van der Waals surface area contributed by atoms with Crippen LogP contribution in [0.3, 0.4) is 0 Å². The fourth-order valence-electron chi connectivity index (χ4n) is 2.34. The number of halogens is 2. The van der Waals surface area contributed by atoms with Gasteiger partial charge in [-0.15, -0.1) is 0 Å². The molecule has 0 fully saturated rings. The summed E-state index contributed by atoms with van der Waals surface area (Å²) in [4.78, 5) is 0.881. The van der Waals surface area contributed by atoms with Gasteiger partial charge in [-0.25, -0.2) is 13.5 Å². The van der Waals surface area contributed by atoms with Crippen LogP contribution in [0, 0.1) is 0 Å². The summed E-state index contributed by atoms with van der Waals surface area (Å²) in [7, 11) is 1.57. The summed E-state index contributed by atoms with van der Waals surface area (Å²) in [5, 5.41) is 9.57. The van der Waals surface area contributed by atoms with Gasteiger partial charge in [-0.05, 0) is 66.5 Å². The monoisotopic (exact) mass is 347 g/mol. The van der Waals surface area contributed by atoms with Crippen LogP contribution in [0.4, 0.5) is 8.78 Å². The molecule has 0 aliphatic rings. The summed E-state index contributed by atoms with van der Waals surface area (Å²) in [6.45, 7) is 0. The lowest BCUT2D eigenvalue weighted by molar-refractivity contribution is 0.145. The Balaban J connectivity index is 2.09. The van der Waals surface area contributed by atoms with Crippen LogP contribution in [0.5, 0.6) is 5.75 Å². The number of nitrogens with two attached hydrogens (primary N) is 1. The first-order chi connectivity index (χ1) is 11.6. The van der Waals surface area contributed by atoms with Gasteiger partial charge in [0.15, 0.2) is 0 Å². The van der Waals surface area contributed by atoms with Crippen molar-refractivity contribution in [2.45, 2.75) is 11.3 Å². The fraction of sp³-hybridized carbons (Fsp3) is 0.118. The van der Waals surface area contributed by atoms with Gasteiger partial charge in [0.25, 0.3) is 6.43 Å². The van der Waals surface area contributed by atoms with Gasteiger partial charge in [0.1, 0.15) is 11.4 Å². The van der Waals surface area contributed by atoms with Crippen LogP contribution in [-0.4, -0.2) is 16.9 Å². The molecule has 1 aromatic heterocycles. The third-order valence-corrected chi connectivity index (χ3v) is 4.10. The lowest BCUT2D eigenvalue weighted by Crippen LogP contribution is -2.00. The molecule has 0 amide bonds. The summed E-state index contributed by atoms with van der Waals surface area (Å²) in [5.74, 6) is 0.697. The van der Waals surface area contributed by atoms with Crippen LogP contribution in [0.25, 0.3) is 16.9 Å². The first-order valence-corrected chi connectivity index (χ1v) is 8.00. The van der Waals surface area contributed by atoms with E-state index in [-0.39, 0.29) is 5.69 Å². The van der Waals surface area contributed by atoms with E-state index in [0.29, 0.717) is 17.1 Å². The standard InChI is InChI=1S/C17H15F2N3OS/c1-23-13-6-2-11(3-7-13)16-10-15(17(18)19)21-22(16)12-4-8-14(24-20)9-5-12/h2-10,17H,20H2,1H3. The van der Waals surface area contributed by atoms with Crippen LogP contribution in [-0.2, 0) is 0 Å². The summed E-state index contributed by atoms with van der Waals surface area (Å²) >= 11 is 1.12. The molecule has 2 aromatic carbocycles. The number of benzene rings is 2. The predicted octanol–water partition coefficient (Wildman–Crippen LogP) is 4.45. The van der Waals surface area contributed by atoms with Crippen molar-refractivity contribution in [2.24, 2.45) is 5.14 Å². The minimum atomic E-state index is -2.64. The lowest BCUT2D eigenvalue weighted by atomic mass is 10.1. The number of alkyl halides is 2. The molecule has 0 aliphatic carbocycles. The molecular weight excluding hydrogens is 332 g/mol. The molecule has 0 atom stereocenters. The number of nitrogens with zero attached hydrogens (tertiary/aromatic N) is 2. The Bertz CT molecular complexity index is 752. The van der Waals surface area contributed by atoms with Gasteiger partial charge in [0.05, 0.1) is 18.5 Å². The van der Waals surface area contributed by atoms with E-state index >= 15 is 0 Å². The van der Waals surface area contributed by atoms with Crippen LogP contribution in [0.1, 0.15) is 12.1 Å². The second kappa shape index (κ2) is 7.02. The first kappa shape index (κ1) is 16.5. The second-order valence-electron chi connectivity index (χ2n) is 5.01. The minimum absolute atomic E-state index is 0.266. The van der Waals surface area contributed by atoms with Crippen molar-refractivity contribution in [3.63, 3.8) is 0 Å². The molecule has 124 valence electrons. The van der Waals surface area contributed by atoms with Crippen LogP contribution in [0.15, 0.2) is 59.5 Å². The molecule has 3 rings (SSSR count). The maximum atomic E-state index is 13.1. The highest BCUT2D eigenvalue weighted by molar-refractivity contribution is 7.97. The molecule has 1 heterocycles. The van der Waals surface area contributed by atoms with Crippen molar-refractivity contribution >= 4 is 11.9 Å². The van der Waals surface area contributed by atoms with E-state index in [0.717, 1.165) is 22.4 Å². The van der Waals surface area contributed by atoms with Crippen molar-refractivity contribution in [1.82, 2.24) is 9.78 Å². The van der Waals surface area contributed by atoms with Gasteiger partial charge >= 0.3 is 0 Å². The minimum Gasteiger partial charge on any atom is -0.497 e. The average molecular weight is 347 g/mol. The maximum absolute atomic E-state index is 13.1. The number of ether oxygens (including phenoxy) is 1. The van der Waals surface area contributed by atoms with Crippen molar-refractivity contribution in [2.75, 3.05) is 7.11 Å². The molecule has 24 heavy (non-hydrogen) atoms. The Morgan fingerprint density at radius 1 is 1.08 bits per heavy atom. The topological polar surface area (TPSA) is 53.1 Å². The van der Waals surface area contributed by atoms with Gasteiger partial charge in [-0.1, -0.05) is 0 Å². The quantitative estimate of drug-likeness (QED) is 0.693. The van der Waals surface area contributed by atoms with E-state index in [1.165, 1.54) is 10.7 Å². The molecule has 0 radical (unpaired) electrons. The van der Waals surface area contributed by atoms with Gasteiger partial charge in [-0.3, -0.25) is 5.14 Å². The molecule has 0 unspecified atom stereocenters. The molecule has 7 heteroatoms. The Morgan fingerprint density at radius 2 is 1.75 bits per heavy atom. The van der Waals surface area contributed by atoms with Crippen molar-refractivity contribution in [3.05, 3.63) is 60.3 Å². The molecule has 0 saturated heterocycles. The Labute approximate surface area is 142 Å². The van der Waals surface area contributed by atoms with E-state index in [4.69, 9.17) is 9.88 Å². The molecular formula is C17H15F2N3OS. The summed E-state index contributed by atoms with van der Waals surface area (Å²) < 4.78 is 32.9. The highest BCUT2D eigenvalue weighted by Crippen LogP contribution is 2.29. The molecule has 0 spiro atoms. The number of aromatic nitrogens is 2. The first-order valence-electron chi connectivity index (χ1n) is 7.12. The van der Waals surface area contributed by atoms with Crippen LogP contribution >= 0.6 is 11.9 Å². The van der Waals surface area contributed by atoms with Gasteiger partial charge in [0.2, 0.25) is 0 Å². The molecule has 0 bridgehead atoms. The highest BCUT2D eigenvalue weighted by Gasteiger charge is 2.17. The highest BCUT2D eigenvalue weighted by atomic mass is 32.2. The number of rotatable bonds is 5.